The summed E-state index contributed by atoms with van der Waals surface area (Å²) < 4.78 is 26.5. The van der Waals surface area contributed by atoms with E-state index in [-0.39, 0.29) is 23.3 Å². The summed E-state index contributed by atoms with van der Waals surface area (Å²) in [5, 5.41) is 0. The summed E-state index contributed by atoms with van der Waals surface area (Å²) in [7, 11) is 0. The molecule has 1 aliphatic heterocycles. The van der Waals surface area contributed by atoms with Gasteiger partial charge in [0.15, 0.2) is 11.6 Å². The molecule has 2 bridgehead atoms. The van der Waals surface area contributed by atoms with Gasteiger partial charge in [0.1, 0.15) is 5.78 Å². The van der Waals surface area contributed by atoms with Gasteiger partial charge in [-0.05, 0) is 30.9 Å². The number of rotatable bonds is 1. The van der Waals surface area contributed by atoms with Gasteiger partial charge in [-0.1, -0.05) is 0 Å². The molecule has 4 atom stereocenters. The van der Waals surface area contributed by atoms with E-state index in [1.807, 2.05) is 0 Å². The second kappa shape index (κ2) is 4.44. The van der Waals surface area contributed by atoms with Crippen LogP contribution in [0.25, 0.3) is 0 Å². The molecule has 1 aromatic rings. The molecule has 1 saturated heterocycles. The van der Waals surface area contributed by atoms with Crippen LogP contribution in [0.1, 0.15) is 19.3 Å². The standard InChI is InChI=1S/C16H13F2NO3/c17-10-4-2-8(6-11(10)18)19-15(21)13-7-1-3-9(12(20)5-7)14(13)16(19)22/h2,4,6-7,9,13-14H,1,3,5H2/t7-,9+,13+,14-/m0/s1. The third-order valence-electron chi connectivity index (χ3n) is 5.23. The van der Waals surface area contributed by atoms with Crippen LogP contribution in [-0.2, 0) is 14.4 Å². The minimum absolute atomic E-state index is 0.0372. The Morgan fingerprint density at radius 2 is 1.68 bits per heavy atom. The topological polar surface area (TPSA) is 54.5 Å². The zero-order chi connectivity index (χ0) is 15.6. The molecule has 4 aliphatic rings. The number of imide groups is 1. The Morgan fingerprint density at radius 3 is 2.36 bits per heavy atom. The summed E-state index contributed by atoms with van der Waals surface area (Å²) >= 11 is 0. The van der Waals surface area contributed by atoms with Crippen molar-refractivity contribution in [3.63, 3.8) is 0 Å². The minimum Gasteiger partial charge on any atom is -0.299 e. The fourth-order valence-corrected chi connectivity index (χ4v) is 4.26. The Kier molecular flexibility index (Phi) is 2.74. The fourth-order valence-electron chi connectivity index (χ4n) is 4.26. The first-order valence-electron chi connectivity index (χ1n) is 7.34. The first kappa shape index (κ1) is 13.5. The molecule has 0 aromatic heterocycles. The molecule has 114 valence electrons. The number of benzene rings is 1. The third kappa shape index (κ3) is 1.63. The van der Waals surface area contributed by atoms with E-state index in [2.05, 4.69) is 0 Å². The van der Waals surface area contributed by atoms with Crippen molar-refractivity contribution < 1.29 is 23.2 Å². The van der Waals surface area contributed by atoms with Gasteiger partial charge in [0.25, 0.3) is 0 Å². The van der Waals surface area contributed by atoms with Crippen LogP contribution in [-0.4, -0.2) is 17.6 Å². The van der Waals surface area contributed by atoms with E-state index >= 15 is 0 Å². The number of nitrogens with zero attached hydrogens (tertiary/aromatic N) is 1. The molecule has 0 unspecified atom stereocenters. The molecule has 0 spiro atoms. The third-order valence-corrected chi connectivity index (χ3v) is 5.23. The summed E-state index contributed by atoms with van der Waals surface area (Å²) in [4.78, 5) is 38.2. The maximum Gasteiger partial charge on any atom is 0.238 e. The zero-order valence-corrected chi connectivity index (χ0v) is 11.6. The highest BCUT2D eigenvalue weighted by atomic mass is 19.2. The number of amides is 2. The summed E-state index contributed by atoms with van der Waals surface area (Å²) in [5.41, 5.74) is 0.0372. The monoisotopic (exact) mass is 305 g/mol. The Labute approximate surface area is 125 Å². The van der Waals surface area contributed by atoms with E-state index in [1.165, 1.54) is 6.07 Å². The average molecular weight is 305 g/mol. The Bertz CT molecular complexity index is 717. The second-order valence-electron chi connectivity index (χ2n) is 6.28. The van der Waals surface area contributed by atoms with Crippen LogP contribution in [0.3, 0.4) is 0 Å². The highest BCUT2D eigenvalue weighted by molar-refractivity contribution is 6.23. The van der Waals surface area contributed by atoms with Crippen LogP contribution in [0.2, 0.25) is 0 Å². The van der Waals surface area contributed by atoms with Gasteiger partial charge in [-0.15, -0.1) is 0 Å². The number of carbonyl (C=O) groups is 3. The Balaban J connectivity index is 1.77. The number of ketones is 1. The maximum absolute atomic E-state index is 13.4. The lowest BCUT2D eigenvalue weighted by molar-refractivity contribution is -0.143. The van der Waals surface area contributed by atoms with Crippen LogP contribution >= 0.6 is 0 Å². The number of hydrogen-bond acceptors (Lipinski definition) is 3. The molecule has 5 rings (SSSR count). The molecule has 4 fully saturated rings. The minimum atomic E-state index is -1.10. The van der Waals surface area contributed by atoms with Gasteiger partial charge in [-0.2, -0.15) is 0 Å². The lowest BCUT2D eigenvalue weighted by atomic mass is 9.59. The lowest BCUT2D eigenvalue weighted by Crippen LogP contribution is -2.46. The predicted molar refractivity (Wildman–Crippen MR) is 71.7 cm³/mol. The normalized spacial score (nSPS) is 33.5. The molecular weight excluding hydrogens is 292 g/mol. The van der Waals surface area contributed by atoms with Crippen molar-refractivity contribution in [3.8, 4) is 0 Å². The molecule has 1 heterocycles. The Hall–Kier alpha value is -2.11. The van der Waals surface area contributed by atoms with Gasteiger partial charge in [0.05, 0.1) is 17.5 Å². The van der Waals surface area contributed by atoms with E-state index in [1.54, 1.807) is 0 Å². The van der Waals surface area contributed by atoms with E-state index in [0.29, 0.717) is 12.8 Å². The molecule has 3 aliphatic carbocycles. The fraction of sp³-hybridized carbons (Fsp3) is 0.438. The highest BCUT2D eigenvalue weighted by Gasteiger charge is 2.60. The first-order chi connectivity index (χ1) is 10.5. The molecule has 4 nitrogen and oxygen atoms in total. The quantitative estimate of drug-likeness (QED) is 0.746. The van der Waals surface area contributed by atoms with E-state index < -0.39 is 35.3 Å². The van der Waals surface area contributed by atoms with Gasteiger partial charge in [-0.25, -0.2) is 13.7 Å². The van der Waals surface area contributed by atoms with Gasteiger partial charge in [-0.3, -0.25) is 14.4 Å². The van der Waals surface area contributed by atoms with E-state index in [4.69, 9.17) is 0 Å². The molecule has 1 aromatic carbocycles. The van der Waals surface area contributed by atoms with Crippen molar-refractivity contribution in [1.29, 1.82) is 0 Å². The number of halogens is 2. The molecule has 6 heteroatoms. The highest BCUT2D eigenvalue weighted by Crippen LogP contribution is 2.52. The van der Waals surface area contributed by atoms with Crippen molar-refractivity contribution in [2.45, 2.75) is 19.3 Å². The number of hydrogen-bond donors (Lipinski definition) is 0. The van der Waals surface area contributed by atoms with Gasteiger partial charge >= 0.3 is 0 Å². The molecule has 22 heavy (non-hydrogen) atoms. The zero-order valence-electron chi connectivity index (χ0n) is 11.6. The Morgan fingerprint density at radius 1 is 0.955 bits per heavy atom. The first-order valence-corrected chi connectivity index (χ1v) is 7.34. The number of carbonyl (C=O) groups excluding carboxylic acids is 3. The molecule has 0 N–H and O–H groups in total. The van der Waals surface area contributed by atoms with Gasteiger partial charge < -0.3 is 0 Å². The maximum atomic E-state index is 13.4. The smallest absolute Gasteiger partial charge is 0.238 e. The van der Waals surface area contributed by atoms with Gasteiger partial charge in [0, 0.05) is 18.4 Å². The van der Waals surface area contributed by atoms with Crippen molar-refractivity contribution in [3.05, 3.63) is 29.8 Å². The molecule has 3 saturated carbocycles. The van der Waals surface area contributed by atoms with E-state index in [9.17, 15) is 23.2 Å². The van der Waals surface area contributed by atoms with Crippen molar-refractivity contribution >= 4 is 23.3 Å². The van der Waals surface area contributed by atoms with Crippen LogP contribution in [0.4, 0.5) is 14.5 Å². The van der Waals surface area contributed by atoms with Gasteiger partial charge in [0.2, 0.25) is 11.8 Å². The van der Waals surface area contributed by atoms with Crippen LogP contribution < -0.4 is 4.90 Å². The largest absolute Gasteiger partial charge is 0.299 e. The lowest BCUT2D eigenvalue weighted by Gasteiger charge is -2.41. The average Bonchev–Trinajstić information content (AvgIpc) is 2.76. The summed E-state index contributed by atoms with van der Waals surface area (Å²) in [5.74, 6) is -4.55. The SMILES string of the molecule is O=C1C[C@@H]2CC[C@H]1[C@@H]1C(=O)N(c3ccc(F)c(F)c3)C(=O)[C@H]21. The molecule has 2 amide bonds. The van der Waals surface area contributed by atoms with Crippen molar-refractivity contribution in [2.75, 3.05) is 4.90 Å². The number of anilines is 1. The predicted octanol–water partition coefficient (Wildman–Crippen LogP) is 2.07. The van der Waals surface area contributed by atoms with Crippen molar-refractivity contribution in [1.82, 2.24) is 0 Å². The molecule has 0 radical (unpaired) electrons. The van der Waals surface area contributed by atoms with Crippen LogP contribution in [0.5, 0.6) is 0 Å². The summed E-state index contributed by atoms with van der Waals surface area (Å²) in [6.45, 7) is 0. The van der Waals surface area contributed by atoms with Crippen molar-refractivity contribution in [2.24, 2.45) is 23.7 Å². The second-order valence-corrected chi connectivity index (χ2v) is 6.28. The number of fused-ring (bicyclic) bond motifs is 2. The molecular formula is C16H13F2NO3. The number of Topliss-reactive ketones (excluding diaryl/α,β-unsaturated/α-hetero) is 1. The summed E-state index contributed by atoms with van der Waals surface area (Å²) in [6, 6.07) is 2.97. The van der Waals surface area contributed by atoms with Crippen LogP contribution in [0, 0.1) is 35.3 Å². The summed E-state index contributed by atoms with van der Waals surface area (Å²) in [6.07, 6.45) is 1.74. The van der Waals surface area contributed by atoms with Crippen LogP contribution in [0.15, 0.2) is 18.2 Å². The van der Waals surface area contributed by atoms with E-state index in [0.717, 1.165) is 23.5 Å².